The van der Waals surface area contributed by atoms with Crippen molar-refractivity contribution in [2.24, 2.45) is 0 Å². The van der Waals surface area contributed by atoms with E-state index in [1.807, 2.05) is 0 Å². The summed E-state index contributed by atoms with van der Waals surface area (Å²) in [5, 5.41) is 2.59. The molecular weight excluding hydrogens is 394 g/mol. The third kappa shape index (κ3) is 5.50. The third-order valence-electron chi connectivity index (χ3n) is 3.79. The molecule has 0 unspecified atom stereocenters. The zero-order valence-electron chi connectivity index (χ0n) is 15.1. The number of nitrogens with zero attached hydrogens (tertiary/aromatic N) is 1. The van der Waals surface area contributed by atoms with E-state index in [1.165, 1.54) is 35.6 Å². The average Bonchev–Trinajstić information content (AvgIpc) is 2.62. The largest absolute Gasteiger partial charge is 0.325 e. The topological polar surface area (TPSA) is 66.5 Å². The van der Waals surface area contributed by atoms with E-state index in [4.69, 9.17) is 0 Å². The van der Waals surface area contributed by atoms with Gasteiger partial charge in [-0.25, -0.2) is 17.2 Å². The van der Waals surface area contributed by atoms with Crippen molar-refractivity contribution in [2.45, 2.75) is 29.7 Å². The second-order valence-corrected chi connectivity index (χ2v) is 9.07. The van der Waals surface area contributed by atoms with Crippen LogP contribution in [-0.2, 0) is 14.8 Å². The zero-order valence-corrected chi connectivity index (χ0v) is 16.7. The molecule has 0 saturated carbocycles. The number of hydrogen-bond donors (Lipinski definition) is 1. The maximum absolute atomic E-state index is 13.5. The minimum atomic E-state index is -3.60. The van der Waals surface area contributed by atoms with Gasteiger partial charge in [0.1, 0.15) is 11.6 Å². The molecular formula is C18H20F2N2O3S2. The number of hydrogen-bond acceptors (Lipinski definition) is 4. The lowest BCUT2D eigenvalue weighted by Gasteiger charge is -2.21. The normalized spacial score (nSPS) is 11.8. The summed E-state index contributed by atoms with van der Waals surface area (Å²) in [4.78, 5) is 12.1. The SMILES string of the molecule is CC(C)N(C)S(=O)(=O)c1ccc(NC(=O)CSc2cc(F)ccc2F)cc1. The summed E-state index contributed by atoms with van der Waals surface area (Å²) in [6, 6.07) is 8.62. The summed E-state index contributed by atoms with van der Waals surface area (Å²) in [5.41, 5.74) is 0.409. The fraction of sp³-hybridized carbons (Fsp3) is 0.278. The van der Waals surface area contributed by atoms with Gasteiger partial charge in [-0.3, -0.25) is 4.79 Å². The quantitative estimate of drug-likeness (QED) is 0.701. The Morgan fingerprint density at radius 3 is 2.37 bits per heavy atom. The first-order valence-electron chi connectivity index (χ1n) is 8.07. The van der Waals surface area contributed by atoms with Gasteiger partial charge >= 0.3 is 0 Å². The number of carbonyl (C=O) groups is 1. The van der Waals surface area contributed by atoms with Crippen LogP contribution in [0, 0.1) is 11.6 Å². The molecule has 0 saturated heterocycles. The maximum atomic E-state index is 13.5. The highest BCUT2D eigenvalue weighted by Gasteiger charge is 2.22. The highest BCUT2D eigenvalue weighted by molar-refractivity contribution is 8.00. The molecule has 5 nitrogen and oxygen atoms in total. The Morgan fingerprint density at radius 2 is 1.78 bits per heavy atom. The van der Waals surface area contributed by atoms with E-state index >= 15 is 0 Å². The number of nitrogens with one attached hydrogen (secondary N) is 1. The molecule has 0 aromatic heterocycles. The molecule has 2 rings (SSSR count). The van der Waals surface area contributed by atoms with Crippen LogP contribution >= 0.6 is 11.8 Å². The van der Waals surface area contributed by atoms with Gasteiger partial charge in [-0.15, -0.1) is 11.8 Å². The molecule has 1 amide bonds. The Labute approximate surface area is 161 Å². The van der Waals surface area contributed by atoms with Crippen LogP contribution in [0.15, 0.2) is 52.3 Å². The van der Waals surface area contributed by atoms with Crippen LogP contribution in [0.2, 0.25) is 0 Å². The molecule has 27 heavy (non-hydrogen) atoms. The highest BCUT2D eigenvalue weighted by Crippen LogP contribution is 2.23. The molecule has 0 aliphatic rings. The number of rotatable bonds is 7. The molecule has 0 aliphatic heterocycles. The number of sulfonamides is 1. The van der Waals surface area contributed by atoms with Gasteiger partial charge in [-0.1, -0.05) is 0 Å². The first-order valence-corrected chi connectivity index (χ1v) is 10.5. The molecule has 0 spiro atoms. The van der Waals surface area contributed by atoms with Crippen molar-refractivity contribution in [2.75, 3.05) is 18.1 Å². The Bertz CT molecular complexity index is 917. The third-order valence-corrected chi connectivity index (χ3v) is 6.87. The lowest BCUT2D eigenvalue weighted by Crippen LogP contribution is -2.33. The summed E-state index contributed by atoms with van der Waals surface area (Å²) in [6.07, 6.45) is 0. The minimum absolute atomic E-state index is 0.0447. The Morgan fingerprint density at radius 1 is 1.15 bits per heavy atom. The monoisotopic (exact) mass is 414 g/mol. The van der Waals surface area contributed by atoms with Crippen LogP contribution in [-0.4, -0.2) is 37.5 Å². The van der Waals surface area contributed by atoms with Crippen molar-refractivity contribution in [1.29, 1.82) is 0 Å². The number of benzene rings is 2. The Balaban J connectivity index is 2.00. The summed E-state index contributed by atoms with van der Waals surface area (Å²) in [6.45, 7) is 3.54. The van der Waals surface area contributed by atoms with Crippen LogP contribution in [0.4, 0.5) is 14.5 Å². The summed E-state index contributed by atoms with van der Waals surface area (Å²) in [5.74, 6) is -1.71. The van der Waals surface area contributed by atoms with Crippen LogP contribution < -0.4 is 5.32 Å². The van der Waals surface area contributed by atoms with E-state index in [0.29, 0.717) is 5.69 Å². The van der Waals surface area contributed by atoms with E-state index in [2.05, 4.69) is 5.32 Å². The van der Waals surface area contributed by atoms with Gasteiger partial charge in [-0.05, 0) is 56.3 Å². The standard InChI is InChI=1S/C18H20F2N2O3S2/c1-12(2)22(3)27(24,25)15-7-5-14(6-8-15)21-18(23)11-26-17-10-13(19)4-9-16(17)20/h4-10,12H,11H2,1-3H3,(H,21,23). The van der Waals surface area contributed by atoms with Crippen molar-refractivity contribution in [1.82, 2.24) is 4.31 Å². The molecule has 2 aromatic carbocycles. The average molecular weight is 414 g/mol. The van der Waals surface area contributed by atoms with Gasteiger partial charge in [0.05, 0.1) is 10.6 Å². The van der Waals surface area contributed by atoms with Crippen molar-refractivity contribution in [3.05, 3.63) is 54.1 Å². The number of anilines is 1. The Kier molecular flexibility index (Phi) is 6.96. The number of carbonyl (C=O) groups excluding carboxylic acids is 1. The van der Waals surface area contributed by atoms with Gasteiger partial charge in [0, 0.05) is 23.7 Å². The van der Waals surface area contributed by atoms with Gasteiger partial charge in [-0.2, -0.15) is 4.31 Å². The second kappa shape index (κ2) is 8.81. The number of thioether (sulfide) groups is 1. The van der Waals surface area contributed by atoms with Crippen LogP contribution in [0.3, 0.4) is 0 Å². The highest BCUT2D eigenvalue weighted by atomic mass is 32.2. The van der Waals surface area contributed by atoms with Crippen molar-refractivity contribution >= 4 is 33.4 Å². The van der Waals surface area contributed by atoms with Gasteiger partial charge in [0.15, 0.2) is 0 Å². The van der Waals surface area contributed by atoms with E-state index < -0.39 is 27.6 Å². The van der Waals surface area contributed by atoms with Gasteiger partial charge < -0.3 is 5.32 Å². The van der Waals surface area contributed by atoms with Crippen molar-refractivity contribution in [3.63, 3.8) is 0 Å². The first-order chi connectivity index (χ1) is 12.6. The Hall–Kier alpha value is -1.97. The summed E-state index contributed by atoms with van der Waals surface area (Å²) >= 11 is 0.873. The minimum Gasteiger partial charge on any atom is -0.325 e. The summed E-state index contributed by atoms with van der Waals surface area (Å²) in [7, 11) is -2.10. The first kappa shape index (κ1) is 21.3. The maximum Gasteiger partial charge on any atom is 0.243 e. The lowest BCUT2D eigenvalue weighted by molar-refractivity contribution is -0.113. The fourth-order valence-corrected chi connectivity index (χ4v) is 4.21. The summed E-state index contributed by atoms with van der Waals surface area (Å²) < 4.78 is 52.7. The molecule has 9 heteroatoms. The zero-order chi connectivity index (χ0) is 20.2. The van der Waals surface area contributed by atoms with E-state index in [9.17, 15) is 22.0 Å². The molecule has 146 valence electrons. The molecule has 0 fully saturated rings. The molecule has 2 aromatic rings. The predicted octanol–water partition coefficient (Wildman–Crippen LogP) is 3.72. The van der Waals surface area contributed by atoms with Gasteiger partial charge in [0.25, 0.3) is 0 Å². The van der Waals surface area contributed by atoms with E-state index in [1.54, 1.807) is 13.8 Å². The molecule has 0 radical (unpaired) electrons. The van der Waals surface area contributed by atoms with E-state index in [-0.39, 0.29) is 21.6 Å². The fourth-order valence-electron chi connectivity index (χ4n) is 2.08. The van der Waals surface area contributed by atoms with Crippen molar-refractivity contribution < 1.29 is 22.0 Å². The molecule has 0 bridgehead atoms. The molecule has 0 aliphatic carbocycles. The predicted molar refractivity (Wildman–Crippen MR) is 102 cm³/mol. The smallest absolute Gasteiger partial charge is 0.243 e. The van der Waals surface area contributed by atoms with Crippen LogP contribution in [0.25, 0.3) is 0 Å². The molecule has 1 N–H and O–H groups in total. The van der Waals surface area contributed by atoms with Crippen LogP contribution in [0.5, 0.6) is 0 Å². The second-order valence-electron chi connectivity index (χ2n) is 6.05. The van der Waals surface area contributed by atoms with E-state index in [0.717, 1.165) is 30.0 Å². The lowest BCUT2D eigenvalue weighted by atomic mass is 10.3. The number of amides is 1. The molecule has 0 heterocycles. The number of halogens is 2. The van der Waals surface area contributed by atoms with Crippen LogP contribution in [0.1, 0.15) is 13.8 Å². The van der Waals surface area contributed by atoms with Crippen molar-refractivity contribution in [3.8, 4) is 0 Å². The molecule has 0 atom stereocenters. The van der Waals surface area contributed by atoms with Gasteiger partial charge in [0.2, 0.25) is 15.9 Å².